The molecule has 1 aromatic carbocycles. The van der Waals surface area contributed by atoms with E-state index in [1.807, 2.05) is 13.8 Å². The zero-order valence-electron chi connectivity index (χ0n) is 11.5. The monoisotopic (exact) mass is 287 g/mol. The van der Waals surface area contributed by atoms with Crippen LogP contribution in [0.3, 0.4) is 0 Å². The fraction of sp³-hybridized carbons (Fsp3) is 0.500. The van der Waals surface area contributed by atoms with Crippen LogP contribution in [0.5, 0.6) is 0 Å². The van der Waals surface area contributed by atoms with Crippen LogP contribution in [-0.4, -0.2) is 24.6 Å². The lowest BCUT2D eigenvalue weighted by Crippen LogP contribution is -2.52. The second kappa shape index (κ2) is 7.60. The van der Waals surface area contributed by atoms with Crippen molar-refractivity contribution >= 4 is 18.7 Å². The number of carbonyl (C=O) groups is 1. The number of benzene rings is 1. The van der Waals surface area contributed by atoms with Crippen molar-refractivity contribution < 1.29 is 14.6 Å². The smallest absolute Gasteiger partial charge is 0.168 e. The number of hydrogen-bond acceptors (Lipinski definition) is 4. The highest BCUT2D eigenvalue weighted by molar-refractivity contribution is 5.85. The Morgan fingerprint density at radius 1 is 1.53 bits per heavy atom. The predicted molar refractivity (Wildman–Crippen MR) is 77.4 cm³/mol. The molecule has 5 heteroatoms. The first kappa shape index (κ1) is 18.1. The number of halogens is 1. The first-order valence-electron chi connectivity index (χ1n) is 6.07. The molecule has 108 valence electrons. The molecule has 0 bridgehead atoms. The molecule has 0 amide bonds. The molecule has 0 radical (unpaired) electrons. The van der Waals surface area contributed by atoms with E-state index in [0.717, 1.165) is 12.7 Å². The largest absolute Gasteiger partial charge is 0.388 e. The maximum atomic E-state index is 10.8. The summed E-state index contributed by atoms with van der Waals surface area (Å²) in [6.45, 7) is 3.89. The molecule has 0 aromatic heterocycles. The van der Waals surface area contributed by atoms with E-state index in [1.54, 1.807) is 24.3 Å². The second-order valence-electron chi connectivity index (χ2n) is 4.57. The molecular formula is C14H22ClNO3. The molecule has 0 aliphatic heterocycles. The molecule has 1 aromatic rings. The predicted octanol–water partition coefficient (Wildman–Crippen LogP) is 2.09. The fourth-order valence-corrected chi connectivity index (χ4v) is 1.91. The third-order valence-corrected chi connectivity index (χ3v) is 3.43. The van der Waals surface area contributed by atoms with Crippen molar-refractivity contribution in [2.45, 2.75) is 32.1 Å². The number of nitrogens with two attached hydrogens (primary N) is 1. The van der Waals surface area contributed by atoms with E-state index >= 15 is 0 Å². The minimum atomic E-state index is -1.30. The summed E-state index contributed by atoms with van der Waals surface area (Å²) in [7, 11) is 1.46. The molecule has 0 aliphatic carbocycles. The molecule has 1 rings (SSSR count). The summed E-state index contributed by atoms with van der Waals surface area (Å²) in [5.74, 6) is -0.00478. The van der Waals surface area contributed by atoms with E-state index in [1.165, 1.54) is 7.11 Å². The van der Waals surface area contributed by atoms with Crippen LogP contribution in [-0.2, 0) is 10.5 Å². The van der Waals surface area contributed by atoms with Gasteiger partial charge in [0.15, 0.2) is 5.72 Å². The summed E-state index contributed by atoms with van der Waals surface area (Å²) in [6, 6.07) is 6.80. The van der Waals surface area contributed by atoms with Crippen molar-refractivity contribution in [1.82, 2.24) is 0 Å². The Morgan fingerprint density at radius 3 is 2.63 bits per heavy atom. The van der Waals surface area contributed by atoms with Crippen LogP contribution in [0.2, 0.25) is 0 Å². The SMILES string of the molecule is CCC(C)[C@@H](O)[C@](N)(OC)c1cccc(C=O)c1.Cl. The number of aldehydes is 1. The van der Waals surface area contributed by atoms with Crippen LogP contribution >= 0.6 is 12.4 Å². The van der Waals surface area contributed by atoms with Gasteiger partial charge in [0, 0.05) is 18.2 Å². The average Bonchev–Trinajstić information content (AvgIpc) is 2.44. The number of aliphatic hydroxyl groups is 1. The van der Waals surface area contributed by atoms with Crippen molar-refractivity contribution in [1.29, 1.82) is 0 Å². The summed E-state index contributed by atoms with van der Waals surface area (Å²) < 4.78 is 5.32. The van der Waals surface area contributed by atoms with Crippen LogP contribution in [0.1, 0.15) is 36.2 Å². The van der Waals surface area contributed by atoms with Gasteiger partial charge in [-0.05, 0) is 12.0 Å². The maximum absolute atomic E-state index is 10.8. The summed E-state index contributed by atoms with van der Waals surface area (Å²) in [6.07, 6.45) is 0.695. The summed E-state index contributed by atoms with van der Waals surface area (Å²) in [5.41, 5.74) is 5.99. The number of carbonyl (C=O) groups excluding carboxylic acids is 1. The van der Waals surface area contributed by atoms with Crippen LogP contribution < -0.4 is 5.73 Å². The summed E-state index contributed by atoms with van der Waals surface area (Å²) in [4.78, 5) is 10.8. The van der Waals surface area contributed by atoms with Crippen molar-refractivity contribution in [2.24, 2.45) is 11.7 Å². The number of methoxy groups -OCH3 is 1. The first-order chi connectivity index (χ1) is 8.49. The quantitative estimate of drug-likeness (QED) is 0.621. The van der Waals surface area contributed by atoms with Crippen LogP contribution in [0.4, 0.5) is 0 Å². The van der Waals surface area contributed by atoms with Gasteiger partial charge in [-0.25, -0.2) is 0 Å². The molecule has 3 N–H and O–H groups in total. The molecule has 0 heterocycles. The van der Waals surface area contributed by atoms with Crippen molar-refractivity contribution in [3.63, 3.8) is 0 Å². The van der Waals surface area contributed by atoms with Gasteiger partial charge < -0.3 is 9.84 Å². The molecule has 3 atom stereocenters. The van der Waals surface area contributed by atoms with Gasteiger partial charge in [0.05, 0.1) is 0 Å². The maximum Gasteiger partial charge on any atom is 0.168 e. The molecule has 1 unspecified atom stereocenters. The lowest BCUT2D eigenvalue weighted by atomic mass is 9.87. The minimum Gasteiger partial charge on any atom is -0.388 e. The summed E-state index contributed by atoms with van der Waals surface area (Å²) >= 11 is 0. The normalized spacial score (nSPS) is 16.9. The van der Waals surface area contributed by atoms with Crippen LogP contribution in [0.15, 0.2) is 24.3 Å². The molecule has 0 aliphatic rings. The Labute approximate surface area is 120 Å². The van der Waals surface area contributed by atoms with Gasteiger partial charge in [-0.2, -0.15) is 0 Å². The van der Waals surface area contributed by atoms with E-state index in [9.17, 15) is 9.90 Å². The Kier molecular flexibility index (Phi) is 7.23. The van der Waals surface area contributed by atoms with Gasteiger partial charge in [0.25, 0.3) is 0 Å². The van der Waals surface area contributed by atoms with Crippen molar-refractivity contribution in [2.75, 3.05) is 7.11 Å². The third kappa shape index (κ3) is 3.76. The van der Waals surface area contributed by atoms with Gasteiger partial charge in [-0.1, -0.05) is 38.5 Å². The van der Waals surface area contributed by atoms with Crippen molar-refractivity contribution in [3.8, 4) is 0 Å². The van der Waals surface area contributed by atoms with Crippen LogP contribution in [0.25, 0.3) is 0 Å². The Balaban J connectivity index is 0.00000324. The topological polar surface area (TPSA) is 72.6 Å². The van der Waals surface area contributed by atoms with Crippen molar-refractivity contribution in [3.05, 3.63) is 35.4 Å². The highest BCUT2D eigenvalue weighted by Crippen LogP contribution is 2.29. The first-order valence-corrected chi connectivity index (χ1v) is 6.07. The zero-order valence-corrected chi connectivity index (χ0v) is 12.3. The molecule has 0 spiro atoms. The average molecular weight is 288 g/mol. The highest BCUT2D eigenvalue weighted by atomic mass is 35.5. The molecule has 19 heavy (non-hydrogen) atoms. The fourth-order valence-electron chi connectivity index (χ4n) is 1.91. The van der Waals surface area contributed by atoms with Gasteiger partial charge in [0.1, 0.15) is 12.4 Å². The van der Waals surface area contributed by atoms with E-state index in [4.69, 9.17) is 10.5 Å². The van der Waals surface area contributed by atoms with Gasteiger partial charge in [0.2, 0.25) is 0 Å². The number of hydrogen-bond donors (Lipinski definition) is 2. The van der Waals surface area contributed by atoms with Gasteiger partial charge in [-0.15, -0.1) is 12.4 Å². The lowest BCUT2D eigenvalue weighted by Gasteiger charge is -2.36. The number of aliphatic hydroxyl groups excluding tert-OH is 1. The summed E-state index contributed by atoms with van der Waals surface area (Å²) in [5, 5.41) is 10.3. The minimum absolute atomic E-state index is 0. The number of ether oxygens (including phenoxy) is 1. The zero-order chi connectivity index (χ0) is 13.8. The molecular weight excluding hydrogens is 266 g/mol. The second-order valence-corrected chi connectivity index (χ2v) is 4.57. The lowest BCUT2D eigenvalue weighted by molar-refractivity contribution is -0.125. The Bertz CT molecular complexity index is 413. The van der Waals surface area contributed by atoms with E-state index in [2.05, 4.69) is 0 Å². The molecule has 4 nitrogen and oxygen atoms in total. The standard InChI is InChI=1S/C14H21NO3.ClH/c1-4-10(2)13(17)14(15,18-3)12-7-5-6-11(8-12)9-16;/h5-10,13,17H,4,15H2,1-3H3;1H/t10?,13-,14-;/m1./s1. The molecule has 0 fully saturated rings. The molecule has 0 saturated heterocycles. The van der Waals surface area contributed by atoms with Gasteiger partial charge >= 0.3 is 0 Å². The van der Waals surface area contributed by atoms with E-state index < -0.39 is 11.8 Å². The highest BCUT2D eigenvalue weighted by Gasteiger charge is 2.38. The molecule has 0 saturated carbocycles. The van der Waals surface area contributed by atoms with E-state index in [0.29, 0.717) is 11.1 Å². The van der Waals surface area contributed by atoms with E-state index in [-0.39, 0.29) is 18.3 Å². The third-order valence-electron chi connectivity index (χ3n) is 3.43. The van der Waals surface area contributed by atoms with Crippen LogP contribution in [0, 0.1) is 5.92 Å². The Morgan fingerprint density at radius 2 is 2.16 bits per heavy atom. The number of rotatable bonds is 6. The van der Waals surface area contributed by atoms with Gasteiger partial charge in [-0.3, -0.25) is 10.5 Å². The Hall–Kier alpha value is -0.940.